The van der Waals surface area contributed by atoms with Crippen LogP contribution in [-0.2, 0) is 0 Å². The van der Waals surface area contributed by atoms with Gasteiger partial charge in [0, 0.05) is 11.6 Å². The van der Waals surface area contributed by atoms with Crippen molar-refractivity contribution < 1.29 is 22.6 Å². The first kappa shape index (κ1) is 23.9. The molecule has 0 heterocycles. The lowest BCUT2D eigenvalue weighted by atomic mass is 9.78. The molecule has 3 aromatic rings. The van der Waals surface area contributed by atoms with Gasteiger partial charge in [-0.2, -0.15) is 0 Å². The summed E-state index contributed by atoms with van der Waals surface area (Å²) in [5, 5.41) is 0. The molecule has 4 rings (SSSR count). The number of ether oxygens (including phenoxy) is 2. The Balaban J connectivity index is 1.36. The van der Waals surface area contributed by atoms with E-state index in [2.05, 4.69) is 6.58 Å². The van der Waals surface area contributed by atoms with Crippen LogP contribution >= 0.6 is 0 Å². The summed E-state index contributed by atoms with van der Waals surface area (Å²) in [7, 11) is 0. The lowest BCUT2D eigenvalue weighted by Crippen LogP contribution is -2.20. The van der Waals surface area contributed by atoms with Gasteiger partial charge in [0.15, 0.2) is 23.2 Å². The fraction of sp³-hybridized carbons (Fsp3) is 0.310. The molecule has 1 aliphatic carbocycles. The molecule has 1 fully saturated rings. The van der Waals surface area contributed by atoms with Crippen molar-refractivity contribution in [1.29, 1.82) is 0 Å². The second kappa shape index (κ2) is 10.8. The second-order valence-corrected chi connectivity index (χ2v) is 8.71. The molecule has 34 heavy (non-hydrogen) atoms. The minimum absolute atomic E-state index is 0.0223. The first-order valence-corrected chi connectivity index (χ1v) is 11.8. The zero-order valence-corrected chi connectivity index (χ0v) is 19.3. The zero-order chi connectivity index (χ0) is 24.1. The summed E-state index contributed by atoms with van der Waals surface area (Å²) < 4.78 is 54.9. The molecule has 0 aliphatic heterocycles. The fourth-order valence-corrected chi connectivity index (χ4v) is 4.60. The molecule has 2 nitrogen and oxygen atoms in total. The van der Waals surface area contributed by atoms with Crippen molar-refractivity contribution in [2.45, 2.75) is 38.5 Å². The highest BCUT2D eigenvalue weighted by atomic mass is 19.2. The van der Waals surface area contributed by atoms with Gasteiger partial charge in [-0.15, -0.1) is 0 Å². The minimum Gasteiger partial charge on any atom is -0.493 e. The van der Waals surface area contributed by atoms with Crippen molar-refractivity contribution in [2.75, 3.05) is 13.2 Å². The van der Waals surface area contributed by atoms with Gasteiger partial charge in [0.1, 0.15) is 5.75 Å². The third-order valence-corrected chi connectivity index (χ3v) is 6.55. The second-order valence-electron chi connectivity index (χ2n) is 8.71. The van der Waals surface area contributed by atoms with Gasteiger partial charge in [0.25, 0.3) is 0 Å². The predicted octanol–water partition coefficient (Wildman–Crippen LogP) is 8.17. The van der Waals surface area contributed by atoms with E-state index in [1.165, 1.54) is 6.07 Å². The highest BCUT2D eigenvalue weighted by Gasteiger charge is 2.27. The third-order valence-electron chi connectivity index (χ3n) is 6.55. The molecule has 0 bridgehead atoms. The third kappa shape index (κ3) is 5.30. The Morgan fingerprint density at radius 1 is 0.882 bits per heavy atom. The van der Waals surface area contributed by atoms with Crippen LogP contribution < -0.4 is 9.47 Å². The summed E-state index contributed by atoms with van der Waals surface area (Å²) in [4.78, 5) is 0. The SMILES string of the molecule is C=Cc1ccc(-c2ccc(C3CCC(COc4ccc(OCC)c(F)c4)CC3)c(F)c2F)cc1. The van der Waals surface area contributed by atoms with Crippen molar-refractivity contribution in [3.63, 3.8) is 0 Å². The molecule has 5 heteroatoms. The van der Waals surface area contributed by atoms with Crippen molar-refractivity contribution >= 4 is 6.08 Å². The zero-order valence-electron chi connectivity index (χ0n) is 19.3. The number of halogens is 3. The average Bonchev–Trinajstić information content (AvgIpc) is 2.86. The minimum atomic E-state index is -0.799. The Morgan fingerprint density at radius 2 is 1.62 bits per heavy atom. The van der Waals surface area contributed by atoms with Gasteiger partial charge in [0.2, 0.25) is 0 Å². The Morgan fingerprint density at radius 3 is 2.26 bits per heavy atom. The molecule has 0 saturated heterocycles. The van der Waals surface area contributed by atoms with Gasteiger partial charge < -0.3 is 9.47 Å². The van der Waals surface area contributed by atoms with Crippen LogP contribution in [0.15, 0.2) is 61.2 Å². The number of benzene rings is 3. The Labute approximate surface area is 199 Å². The molecule has 0 N–H and O–H groups in total. The molecule has 178 valence electrons. The summed E-state index contributed by atoms with van der Waals surface area (Å²) in [6.45, 7) is 6.38. The normalized spacial score (nSPS) is 17.9. The van der Waals surface area contributed by atoms with E-state index in [-0.39, 0.29) is 17.2 Å². The first-order chi connectivity index (χ1) is 16.5. The first-order valence-electron chi connectivity index (χ1n) is 11.8. The Kier molecular flexibility index (Phi) is 7.61. The van der Waals surface area contributed by atoms with Gasteiger partial charge in [-0.05, 0) is 73.3 Å². The predicted molar refractivity (Wildman–Crippen MR) is 130 cm³/mol. The molecular weight excluding hydrogens is 437 g/mol. The van der Waals surface area contributed by atoms with Gasteiger partial charge in [0.05, 0.1) is 13.2 Å². The van der Waals surface area contributed by atoms with Gasteiger partial charge in [-0.3, -0.25) is 0 Å². The number of hydrogen-bond acceptors (Lipinski definition) is 2. The van der Waals surface area contributed by atoms with Crippen LogP contribution in [0.2, 0.25) is 0 Å². The van der Waals surface area contributed by atoms with Crippen LogP contribution in [0.25, 0.3) is 17.2 Å². The molecule has 0 amide bonds. The van der Waals surface area contributed by atoms with Crippen LogP contribution in [0, 0.1) is 23.4 Å². The molecule has 0 aromatic heterocycles. The summed E-state index contributed by atoms with van der Waals surface area (Å²) in [6, 6.07) is 15.2. The molecule has 0 spiro atoms. The summed E-state index contributed by atoms with van der Waals surface area (Å²) >= 11 is 0. The quantitative estimate of drug-likeness (QED) is 0.333. The monoisotopic (exact) mass is 466 g/mol. The molecule has 3 aromatic carbocycles. The van der Waals surface area contributed by atoms with Crippen LogP contribution in [0.1, 0.15) is 49.7 Å². The van der Waals surface area contributed by atoms with E-state index >= 15 is 4.39 Å². The van der Waals surface area contributed by atoms with Crippen molar-refractivity contribution in [3.05, 3.63) is 89.8 Å². The smallest absolute Gasteiger partial charge is 0.168 e. The largest absolute Gasteiger partial charge is 0.493 e. The van der Waals surface area contributed by atoms with Gasteiger partial charge >= 0.3 is 0 Å². The van der Waals surface area contributed by atoms with E-state index in [0.717, 1.165) is 31.2 Å². The lowest BCUT2D eigenvalue weighted by molar-refractivity contribution is 0.198. The van der Waals surface area contributed by atoms with Crippen LogP contribution in [-0.4, -0.2) is 13.2 Å². The molecule has 0 atom stereocenters. The maximum atomic E-state index is 15.0. The van der Waals surface area contributed by atoms with Gasteiger partial charge in [-0.1, -0.05) is 49.1 Å². The van der Waals surface area contributed by atoms with E-state index in [0.29, 0.717) is 36.0 Å². The molecule has 1 saturated carbocycles. The molecule has 1 aliphatic rings. The van der Waals surface area contributed by atoms with Crippen LogP contribution in [0.4, 0.5) is 13.2 Å². The van der Waals surface area contributed by atoms with Crippen molar-refractivity contribution in [1.82, 2.24) is 0 Å². The Hall–Kier alpha value is -3.21. The molecular formula is C29H29F3O2. The highest BCUT2D eigenvalue weighted by molar-refractivity contribution is 5.66. The van der Waals surface area contributed by atoms with Crippen molar-refractivity contribution in [3.8, 4) is 22.6 Å². The van der Waals surface area contributed by atoms with E-state index in [1.807, 2.05) is 12.1 Å². The topological polar surface area (TPSA) is 18.5 Å². The van der Waals surface area contributed by atoms with Crippen molar-refractivity contribution in [2.24, 2.45) is 5.92 Å². The average molecular weight is 467 g/mol. The van der Waals surface area contributed by atoms with Crippen LogP contribution in [0.3, 0.4) is 0 Å². The molecule has 0 radical (unpaired) electrons. The highest BCUT2D eigenvalue weighted by Crippen LogP contribution is 2.39. The number of rotatable bonds is 8. The van der Waals surface area contributed by atoms with E-state index in [9.17, 15) is 8.78 Å². The van der Waals surface area contributed by atoms with E-state index in [1.54, 1.807) is 49.4 Å². The lowest BCUT2D eigenvalue weighted by Gasteiger charge is -2.29. The van der Waals surface area contributed by atoms with Gasteiger partial charge in [-0.25, -0.2) is 13.2 Å². The summed E-state index contributed by atoms with van der Waals surface area (Å²) in [5.74, 6) is -1.05. The standard InChI is InChI=1S/C29H29F3O2/c1-3-19-5-9-21(10-6-19)24-14-15-25(29(32)28(24)31)22-11-7-20(8-12-22)18-34-23-13-16-27(33-4-2)26(30)17-23/h3,5-6,9-10,13-17,20,22H,1,4,7-8,11-12,18H2,2H3. The Bertz CT molecular complexity index is 1130. The maximum Gasteiger partial charge on any atom is 0.168 e. The summed E-state index contributed by atoms with van der Waals surface area (Å²) in [6.07, 6.45) is 4.92. The van der Waals surface area contributed by atoms with E-state index < -0.39 is 17.5 Å². The maximum absolute atomic E-state index is 15.0. The van der Waals surface area contributed by atoms with Crippen LogP contribution in [0.5, 0.6) is 11.5 Å². The fourth-order valence-electron chi connectivity index (χ4n) is 4.60. The molecule has 0 unspecified atom stereocenters. The summed E-state index contributed by atoms with van der Waals surface area (Å²) in [5.41, 5.74) is 2.27. The van der Waals surface area contributed by atoms with E-state index in [4.69, 9.17) is 9.47 Å². The number of hydrogen-bond donors (Lipinski definition) is 0.